The molecule has 1 N–H and O–H groups in total. The van der Waals surface area contributed by atoms with Crippen molar-refractivity contribution in [2.45, 2.75) is 52.4 Å². The Labute approximate surface area is 116 Å². The zero-order valence-electron chi connectivity index (χ0n) is 11.4. The second-order valence-electron chi connectivity index (χ2n) is 4.41. The van der Waals surface area contributed by atoms with Crippen molar-refractivity contribution < 1.29 is 27.1 Å². The third-order valence-corrected chi connectivity index (χ3v) is 2.91. The minimum absolute atomic E-state index is 0. The summed E-state index contributed by atoms with van der Waals surface area (Å²) in [6, 6.07) is 3.45. The van der Waals surface area contributed by atoms with E-state index in [9.17, 15) is 5.11 Å². The zero-order chi connectivity index (χ0) is 12.5. The summed E-state index contributed by atoms with van der Waals surface area (Å²) in [6.45, 7) is 4.78. The molecule has 0 spiro atoms. The van der Waals surface area contributed by atoms with Crippen molar-refractivity contribution >= 4 is 0 Å². The smallest absolute Gasteiger partial charge is 0.272 e. The van der Waals surface area contributed by atoms with Gasteiger partial charge in [-0.1, -0.05) is 32.6 Å². The van der Waals surface area contributed by atoms with Crippen LogP contribution in [0.15, 0.2) is 18.3 Å². The van der Waals surface area contributed by atoms with Crippen molar-refractivity contribution in [3.05, 3.63) is 24.0 Å². The van der Waals surface area contributed by atoms with Crippen LogP contribution in [0.25, 0.3) is 0 Å². The predicted octanol–water partition coefficient (Wildman–Crippen LogP) is -0.219. The monoisotopic (exact) mass is 273 g/mol. The third-order valence-electron chi connectivity index (χ3n) is 2.91. The van der Waals surface area contributed by atoms with Gasteiger partial charge in [0, 0.05) is 17.7 Å². The van der Waals surface area contributed by atoms with Gasteiger partial charge in [0.2, 0.25) is 6.20 Å². The molecule has 0 aliphatic rings. The van der Waals surface area contributed by atoms with Crippen LogP contribution in [-0.2, 0) is 0 Å². The Morgan fingerprint density at radius 3 is 2.56 bits per heavy atom. The fourth-order valence-electron chi connectivity index (χ4n) is 1.74. The van der Waals surface area contributed by atoms with Crippen LogP contribution in [0.5, 0.6) is 5.75 Å². The van der Waals surface area contributed by atoms with Crippen LogP contribution in [-0.4, -0.2) is 11.7 Å². The van der Waals surface area contributed by atoms with Crippen LogP contribution in [0.1, 0.15) is 51.1 Å². The minimum Gasteiger partial charge on any atom is -1.00 e. The molecule has 1 aromatic rings. The summed E-state index contributed by atoms with van der Waals surface area (Å²) in [6.07, 6.45) is 9.36. The molecule has 0 radical (unpaired) electrons. The number of halogens is 1. The molecule has 0 saturated carbocycles. The Hall–Kier alpha value is -0.960. The van der Waals surface area contributed by atoms with Crippen molar-refractivity contribution in [1.29, 1.82) is 0 Å². The lowest BCUT2D eigenvalue weighted by Crippen LogP contribution is -3.00. The first kappa shape index (κ1) is 17.0. The molecule has 1 rings (SSSR count). The second kappa shape index (κ2) is 10.0. The maximum Gasteiger partial charge on any atom is 0.272 e. The van der Waals surface area contributed by atoms with Crippen LogP contribution in [0, 0.1) is 6.92 Å². The van der Waals surface area contributed by atoms with Gasteiger partial charge in [-0.05, 0) is 18.9 Å². The van der Waals surface area contributed by atoms with Gasteiger partial charge in [-0.15, -0.1) is 0 Å². The summed E-state index contributed by atoms with van der Waals surface area (Å²) in [5, 5.41) is 9.50. The summed E-state index contributed by atoms with van der Waals surface area (Å²) < 4.78 is 1.64. The normalized spacial score (nSPS) is 9.89. The Kier molecular flexibility index (Phi) is 9.47. The van der Waals surface area contributed by atoms with E-state index in [0.29, 0.717) is 6.61 Å². The van der Waals surface area contributed by atoms with E-state index < -0.39 is 0 Å². The van der Waals surface area contributed by atoms with Crippen molar-refractivity contribution in [2.24, 2.45) is 0 Å². The quantitative estimate of drug-likeness (QED) is 0.525. The number of aromatic nitrogens is 1. The lowest BCUT2D eigenvalue weighted by molar-refractivity contribution is -0.895. The van der Waals surface area contributed by atoms with E-state index in [1.807, 2.05) is 13.1 Å². The highest BCUT2D eigenvalue weighted by Gasteiger charge is 2.11. The summed E-state index contributed by atoms with van der Waals surface area (Å²) in [5.74, 6) is 0.274. The molecule has 0 fully saturated rings. The van der Waals surface area contributed by atoms with Crippen LogP contribution in [0.4, 0.5) is 0 Å². The first-order valence-electron chi connectivity index (χ1n) is 6.59. The predicted molar refractivity (Wildman–Crippen MR) is 67.9 cm³/mol. The summed E-state index contributed by atoms with van der Waals surface area (Å²) in [7, 11) is 0. The SMILES string of the molecule is CCCCCCCCO[n+]1cccc(O)c1C.[Cl-]. The lowest BCUT2D eigenvalue weighted by atomic mass is 10.1. The van der Waals surface area contributed by atoms with E-state index in [1.165, 1.54) is 32.1 Å². The molecule has 4 heteroatoms. The fraction of sp³-hybridized carbons (Fsp3) is 0.643. The van der Waals surface area contributed by atoms with Gasteiger partial charge in [0.05, 0.1) is 0 Å². The number of aromatic hydroxyl groups is 1. The van der Waals surface area contributed by atoms with E-state index in [0.717, 1.165) is 12.1 Å². The number of nitrogens with zero attached hydrogens (tertiary/aromatic N) is 1. The van der Waals surface area contributed by atoms with E-state index in [1.54, 1.807) is 16.9 Å². The Morgan fingerprint density at radius 1 is 1.17 bits per heavy atom. The maximum atomic E-state index is 9.50. The number of pyridine rings is 1. The van der Waals surface area contributed by atoms with Crippen molar-refractivity contribution in [3.63, 3.8) is 0 Å². The molecule has 0 amide bonds. The van der Waals surface area contributed by atoms with E-state index in [-0.39, 0.29) is 18.2 Å². The summed E-state index contributed by atoms with van der Waals surface area (Å²) in [5.41, 5.74) is 0.749. The molecule has 0 saturated heterocycles. The number of unbranched alkanes of at least 4 members (excludes halogenated alkanes) is 5. The van der Waals surface area contributed by atoms with Gasteiger partial charge < -0.3 is 17.5 Å². The van der Waals surface area contributed by atoms with Crippen molar-refractivity contribution in [1.82, 2.24) is 0 Å². The first-order chi connectivity index (χ1) is 8.25. The Balaban J connectivity index is 0.00000289. The van der Waals surface area contributed by atoms with Gasteiger partial charge >= 0.3 is 0 Å². The van der Waals surface area contributed by atoms with Gasteiger partial charge in [0.25, 0.3) is 5.69 Å². The summed E-state index contributed by atoms with van der Waals surface area (Å²) >= 11 is 0. The Bertz CT molecular complexity index is 332. The first-order valence-corrected chi connectivity index (χ1v) is 6.59. The highest BCUT2D eigenvalue weighted by Crippen LogP contribution is 2.08. The van der Waals surface area contributed by atoms with E-state index >= 15 is 0 Å². The third kappa shape index (κ3) is 6.10. The number of rotatable bonds is 8. The van der Waals surface area contributed by atoms with Crippen molar-refractivity contribution in [2.75, 3.05) is 6.61 Å². The molecule has 0 unspecified atom stereocenters. The topological polar surface area (TPSA) is 33.3 Å². The molecular formula is C14H24ClNO2. The van der Waals surface area contributed by atoms with Crippen LogP contribution >= 0.6 is 0 Å². The average molecular weight is 274 g/mol. The molecule has 0 aliphatic carbocycles. The molecule has 1 aromatic heterocycles. The lowest BCUT2D eigenvalue weighted by Gasteiger charge is -2.02. The zero-order valence-corrected chi connectivity index (χ0v) is 12.1. The standard InChI is InChI=1S/C14H23NO2.ClH/c1-3-4-5-6-7-8-12-17-15-11-9-10-14(16)13(15)2;/h9-11H,3-8,12H2,1-2H3;1H. The van der Waals surface area contributed by atoms with Gasteiger partial charge in [0.1, 0.15) is 0 Å². The second-order valence-corrected chi connectivity index (χ2v) is 4.41. The van der Waals surface area contributed by atoms with E-state index in [4.69, 9.17) is 4.84 Å². The van der Waals surface area contributed by atoms with Gasteiger partial charge in [0.15, 0.2) is 12.4 Å². The van der Waals surface area contributed by atoms with Gasteiger partial charge in [-0.25, -0.2) is 0 Å². The highest BCUT2D eigenvalue weighted by atomic mass is 35.5. The molecule has 0 aliphatic heterocycles. The van der Waals surface area contributed by atoms with Gasteiger partial charge in [-0.3, -0.25) is 4.84 Å². The molecule has 104 valence electrons. The molecule has 0 atom stereocenters. The largest absolute Gasteiger partial charge is 1.00 e. The van der Waals surface area contributed by atoms with Crippen LogP contribution in [0.2, 0.25) is 0 Å². The fourth-order valence-corrected chi connectivity index (χ4v) is 1.74. The molecule has 18 heavy (non-hydrogen) atoms. The van der Waals surface area contributed by atoms with Crippen LogP contribution < -0.4 is 22.0 Å². The molecule has 0 aromatic carbocycles. The molecule has 1 heterocycles. The molecule has 3 nitrogen and oxygen atoms in total. The van der Waals surface area contributed by atoms with Gasteiger partial charge in [-0.2, -0.15) is 0 Å². The van der Waals surface area contributed by atoms with Crippen LogP contribution in [0.3, 0.4) is 0 Å². The highest BCUT2D eigenvalue weighted by molar-refractivity contribution is 5.18. The number of hydrogen-bond donors (Lipinski definition) is 1. The van der Waals surface area contributed by atoms with Crippen molar-refractivity contribution in [3.8, 4) is 5.75 Å². The minimum atomic E-state index is 0. The summed E-state index contributed by atoms with van der Waals surface area (Å²) in [4.78, 5) is 5.58. The van der Waals surface area contributed by atoms with E-state index in [2.05, 4.69) is 6.92 Å². The Morgan fingerprint density at radius 2 is 1.83 bits per heavy atom. The average Bonchev–Trinajstić information content (AvgIpc) is 2.33. The number of hydrogen-bond acceptors (Lipinski definition) is 2. The molecule has 0 bridgehead atoms. The molecular weight excluding hydrogens is 250 g/mol. The maximum absolute atomic E-state index is 9.50.